The molecular formula is C30H37N2+. The van der Waals surface area contributed by atoms with Gasteiger partial charge < -0.3 is 0 Å². The van der Waals surface area contributed by atoms with Crippen molar-refractivity contribution in [2.75, 3.05) is 0 Å². The number of para-hydroxylation sites is 1. The number of hydrogen-bond donors (Lipinski definition) is 0. The van der Waals surface area contributed by atoms with Crippen molar-refractivity contribution in [1.29, 1.82) is 0 Å². The second-order valence-electron chi connectivity index (χ2n) is 10.9. The maximum atomic E-state index is 2.74. The zero-order valence-corrected chi connectivity index (χ0v) is 20.4. The van der Waals surface area contributed by atoms with Crippen molar-refractivity contribution in [3.63, 3.8) is 0 Å². The van der Waals surface area contributed by atoms with Crippen molar-refractivity contribution in [3.05, 3.63) is 89.0 Å². The number of allylic oxidation sites excluding steroid dienone is 1. The molecule has 2 aliphatic rings. The average molecular weight is 426 g/mol. The summed E-state index contributed by atoms with van der Waals surface area (Å²) < 4.78 is 5.29. The molecular weight excluding hydrogens is 388 g/mol. The Balaban J connectivity index is 1.87. The van der Waals surface area contributed by atoms with Crippen LogP contribution in [0, 0.1) is 19.8 Å². The Hall–Kier alpha value is -2.61. The summed E-state index contributed by atoms with van der Waals surface area (Å²) in [6.07, 6.45) is 11.6. The van der Waals surface area contributed by atoms with E-state index in [1.807, 2.05) is 0 Å². The van der Waals surface area contributed by atoms with Crippen molar-refractivity contribution in [2.24, 2.45) is 5.92 Å². The normalized spacial score (nSPS) is 21.2. The Morgan fingerprint density at radius 1 is 0.875 bits per heavy atom. The van der Waals surface area contributed by atoms with Crippen molar-refractivity contribution in [3.8, 4) is 5.69 Å². The van der Waals surface area contributed by atoms with E-state index in [-0.39, 0.29) is 11.0 Å². The standard InChI is InChI=1S/C30H37N2/c1-22-14-12-13-19-26(22)31-23(2)27-20-21-30(24-15-8-6-9-16-24,25-17-10-7-11-18-25)32(27)28(31)29(3,4)5/h6,8-9,12-16,19-21,25H,7,10-11,17-18H2,1-5H3/q+1. The minimum atomic E-state index is -0.113. The first kappa shape index (κ1) is 21.2. The lowest BCUT2D eigenvalue weighted by Crippen LogP contribution is -2.62. The molecule has 1 aliphatic heterocycles. The second-order valence-corrected chi connectivity index (χ2v) is 10.9. The molecule has 0 saturated heterocycles. The molecule has 1 aliphatic carbocycles. The zero-order chi connectivity index (χ0) is 22.5. The fraction of sp³-hybridized carbons (Fsp3) is 0.433. The molecule has 1 unspecified atom stereocenters. The molecule has 2 aromatic carbocycles. The van der Waals surface area contributed by atoms with Gasteiger partial charge in [0.2, 0.25) is 0 Å². The third-order valence-electron chi connectivity index (χ3n) is 7.73. The Bertz CT molecular complexity index is 1150. The number of aromatic nitrogens is 2. The molecule has 1 aromatic heterocycles. The third-order valence-corrected chi connectivity index (χ3v) is 7.73. The van der Waals surface area contributed by atoms with Crippen LogP contribution in [0.1, 0.15) is 81.2 Å². The maximum absolute atomic E-state index is 2.74. The first-order valence-electron chi connectivity index (χ1n) is 12.3. The first-order valence-corrected chi connectivity index (χ1v) is 12.3. The Morgan fingerprint density at radius 3 is 2.19 bits per heavy atom. The van der Waals surface area contributed by atoms with Crippen molar-refractivity contribution >= 4 is 6.08 Å². The molecule has 32 heavy (non-hydrogen) atoms. The molecule has 1 saturated carbocycles. The summed E-state index contributed by atoms with van der Waals surface area (Å²) in [5, 5.41) is 0. The number of fused-ring (bicyclic) bond motifs is 1. The van der Waals surface area contributed by atoms with E-state index in [0.29, 0.717) is 5.92 Å². The van der Waals surface area contributed by atoms with Gasteiger partial charge in [0.05, 0.1) is 5.41 Å². The first-order chi connectivity index (χ1) is 15.4. The topological polar surface area (TPSA) is 8.81 Å². The molecule has 3 aromatic rings. The fourth-order valence-corrected chi connectivity index (χ4v) is 6.31. The van der Waals surface area contributed by atoms with Gasteiger partial charge >= 0.3 is 0 Å². The molecule has 166 valence electrons. The van der Waals surface area contributed by atoms with Crippen LogP contribution < -0.4 is 4.57 Å². The van der Waals surface area contributed by atoms with Gasteiger partial charge in [-0.3, -0.25) is 0 Å². The number of rotatable bonds is 3. The van der Waals surface area contributed by atoms with Crippen LogP contribution in [0.25, 0.3) is 11.8 Å². The molecule has 0 N–H and O–H groups in total. The predicted octanol–water partition coefficient (Wildman–Crippen LogP) is 7.03. The van der Waals surface area contributed by atoms with Crippen molar-refractivity contribution < 1.29 is 4.57 Å². The summed E-state index contributed by atoms with van der Waals surface area (Å²) >= 11 is 0. The number of aryl methyl sites for hydroxylation is 1. The molecule has 0 radical (unpaired) electrons. The van der Waals surface area contributed by atoms with Gasteiger partial charge in [0.15, 0.2) is 16.9 Å². The number of benzene rings is 2. The molecule has 2 nitrogen and oxygen atoms in total. The average Bonchev–Trinajstić information content (AvgIpc) is 3.32. The highest BCUT2D eigenvalue weighted by Gasteiger charge is 2.54. The van der Waals surface area contributed by atoms with E-state index < -0.39 is 0 Å². The summed E-state index contributed by atoms with van der Waals surface area (Å²) in [5.74, 6) is 2.02. The Labute approximate surface area is 193 Å². The second kappa shape index (κ2) is 7.76. The summed E-state index contributed by atoms with van der Waals surface area (Å²) in [5.41, 5.74) is 6.64. The van der Waals surface area contributed by atoms with E-state index in [4.69, 9.17) is 0 Å². The summed E-state index contributed by atoms with van der Waals surface area (Å²) in [6, 6.07) is 20.1. The van der Waals surface area contributed by atoms with Crippen LogP contribution in [-0.2, 0) is 11.0 Å². The SMILES string of the molecule is Cc1ccccc1-n1c(C)c2[n+](c1C(C)(C)C)C(c1ccccc1)(C1CCCCC1)C=C2. The molecule has 2 heteroatoms. The van der Waals surface area contributed by atoms with Gasteiger partial charge in [0.25, 0.3) is 5.82 Å². The van der Waals surface area contributed by atoms with E-state index in [9.17, 15) is 0 Å². The van der Waals surface area contributed by atoms with Crippen LogP contribution in [0.3, 0.4) is 0 Å². The fourth-order valence-electron chi connectivity index (χ4n) is 6.31. The van der Waals surface area contributed by atoms with E-state index in [1.54, 1.807) is 0 Å². The van der Waals surface area contributed by atoms with Crippen molar-refractivity contribution in [1.82, 2.24) is 4.57 Å². The van der Waals surface area contributed by atoms with E-state index in [2.05, 4.69) is 111 Å². The minimum Gasteiger partial charge on any atom is -0.213 e. The lowest BCUT2D eigenvalue weighted by molar-refractivity contribution is -0.756. The predicted molar refractivity (Wildman–Crippen MR) is 133 cm³/mol. The van der Waals surface area contributed by atoms with Gasteiger partial charge in [-0.1, -0.05) is 67.8 Å². The van der Waals surface area contributed by atoms with Gasteiger partial charge in [-0.2, -0.15) is 4.57 Å². The van der Waals surface area contributed by atoms with E-state index >= 15 is 0 Å². The number of imidazole rings is 1. The van der Waals surface area contributed by atoms with Crippen LogP contribution in [0.4, 0.5) is 0 Å². The smallest absolute Gasteiger partial charge is 0.213 e. The monoisotopic (exact) mass is 425 g/mol. The molecule has 2 heterocycles. The van der Waals surface area contributed by atoms with Gasteiger partial charge in [-0.25, -0.2) is 4.57 Å². The van der Waals surface area contributed by atoms with Crippen LogP contribution in [0.2, 0.25) is 0 Å². The van der Waals surface area contributed by atoms with Crippen LogP contribution in [0.5, 0.6) is 0 Å². The highest BCUT2D eigenvalue weighted by Crippen LogP contribution is 2.45. The molecule has 1 atom stereocenters. The molecule has 0 amide bonds. The molecule has 0 bridgehead atoms. The van der Waals surface area contributed by atoms with Crippen LogP contribution in [0.15, 0.2) is 60.7 Å². The largest absolute Gasteiger partial charge is 0.268 e. The summed E-state index contributed by atoms with van der Waals surface area (Å²) in [6.45, 7) is 11.7. The summed E-state index contributed by atoms with van der Waals surface area (Å²) in [7, 11) is 0. The Kier molecular flexibility index (Phi) is 5.15. The molecule has 0 spiro atoms. The lowest BCUT2D eigenvalue weighted by Gasteiger charge is -2.39. The van der Waals surface area contributed by atoms with E-state index in [0.717, 1.165) is 0 Å². The lowest BCUT2D eigenvalue weighted by atomic mass is 9.71. The number of nitrogens with zero attached hydrogens (tertiary/aromatic N) is 2. The highest BCUT2D eigenvalue weighted by molar-refractivity contribution is 5.56. The van der Waals surface area contributed by atoms with Gasteiger partial charge in [0.1, 0.15) is 5.69 Å². The maximum Gasteiger partial charge on any atom is 0.268 e. The van der Waals surface area contributed by atoms with Crippen molar-refractivity contribution in [2.45, 2.75) is 77.7 Å². The number of hydrogen-bond acceptors (Lipinski definition) is 0. The highest BCUT2D eigenvalue weighted by atomic mass is 15.2. The Morgan fingerprint density at radius 2 is 1.53 bits per heavy atom. The van der Waals surface area contributed by atoms with E-state index in [1.165, 1.54) is 66.1 Å². The zero-order valence-electron chi connectivity index (χ0n) is 20.4. The van der Waals surface area contributed by atoms with Gasteiger partial charge in [0, 0.05) is 18.4 Å². The minimum absolute atomic E-state index is 0.00793. The quantitative estimate of drug-likeness (QED) is 0.398. The van der Waals surface area contributed by atoms with Gasteiger partial charge in [-0.05, 0) is 64.3 Å². The molecule has 5 rings (SSSR count). The van der Waals surface area contributed by atoms with Gasteiger partial charge in [-0.15, -0.1) is 0 Å². The molecule has 1 fully saturated rings. The third kappa shape index (κ3) is 3.10. The van der Waals surface area contributed by atoms with Crippen LogP contribution >= 0.6 is 0 Å². The summed E-state index contributed by atoms with van der Waals surface area (Å²) in [4.78, 5) is 0. The van der Waals surface area contributed by atoms with Crippen LogP contribution in [-0.4, -0.2) is 4.57 Å².